The van der Waals surface area contributed by atoms with Gasteiger partial charge < -0.3 is 14.2 Å². The SMILES string of the molecule is COc1cc2c(cc1OC)[C@@H]1CCCC[C@H]1O[C@H]2c1cccc(F)c1. The van der Waals surface area contributed by atoms with Crippen LogP contribution >= 0.6 is 0 Å². The summed E-state index contributed by atoms with van der Waals surface area (Å²) in [4.78, 5) is 0. The summed E-state index contributed by atoms with van der Waals surface area (Å²) in [6.07, 6.45) is 4.45. The van der Waals surface area contributed by atoms with E-state index in [0.717, 1.165) is 29.7 Å². The molecule has 0 radical (unpaired) electrons. The Morgan fingerprint density at radius 3 is 2.40 bits per heavy atom. The Balaban J connectivity index is 1.87. The third kappa shape index (κ3) is 2.89. The zero-order valence-corrected chi connectivity index (χ0v) is 14.6. The monoisotopic (exact) mass is 342 g/mol. The predicted octanol–water partition coefficient (Wildman–Crippen LogP) is 4.99. The van der Waals surface area contributed by atoms with E-state index in [1.165, 1.54) is 24.5 Å². The fourth-order valence-electron chi connectivity index (χ4n) is 4.25. The van der Waals surface area contributed by atoms with Crippen LogP contribution in [0, 0.1) is 5.82 Å². The first-order valence-corrected chi connectivity index (χ1v) is 8.88. The normalized spacial score (nSPS) is 25.0. The number of methoxy groups -OCH3 is 2. The molecule has 0 aromatic heterocycles. The molecule has 132 valence electrons. The molecule has 1 saturated carbocycles. The van der Waals surface area contributed by atoms with Crippen molar-refractivity contribution in [2.45, 2.75) is 43.8 Å². The summed E-state index contributed by atoms with van der Waals surface area (Å²) in [5, 5.41) is 0. The summed E-state index contributed by atoms with van der Waals surface area (Å²) in [6.45, 7) is 0. The second-order valence-electron chi connectivity index (χ2n) is 6.84. The van der Waals surface area contributed by atoms with Crippen molar-refractivity contribution in [3.8, 4) is 11.5 Å². The van der Waals surface area contributed by atoms with Crippen molar-refractivity contribution in [3.05, 3.63) is 58.9 Å². The van der Waals surface area contributed by atoms with Crippen molar-refractivity contribution in [2.24, 2.45) is 0 Å². The van der Waals surface area contributed by atoms with Gasteiger partial charge in [-0.1, -0.05) is 25.0 Å². The van der Waals surface area contributed by atoms with E-state index in [1.54, 1.807) is 26.4 Å². The Hall–Kier alpha value is -2.07. The largest absolute Gasteiger partial charge is 0.493 e. The molecule has 2 aliphatic rings. The van der Waals surface area contributed by atoms with E-state index in [9.17, 15) is 4.39 Å². The van der Waals surface area contributed by atoms with Gasteiger partial charge in [-0.05, 0) is 53.8 Å². The van der Waals surface area contributed by atoms with E-state index < -0.39 is 0 Å². The van der Waals surface area contributed by atoms with Crippen LogP contribution in [0.3, 0.4) is 0 Å². The molecule has 0 amide bonds. The molecule has 0 bridgehead atoms. The summed E-state index contributed by atoms with van der Waals surface area (Å²) in [6, 6.07) is 10.8. The van der Waals surface area contributed by atoms with Gasteiger partial charge in [-0.3, -0.25) is 0 Å². The zero-order valence-electron chi connectivity index (χ0n) is 14.6. The van der Waals surface area contributed by atoms with Crippen molar-refractivity contribution in [3.63, 3.8) is 0 Å². The Bertz CT molecular complexity index is 774. The highest BCUT2D eigenvalue weighted by Gasteiger charge is 2.38. The third-order valence-electron chi connectivity index (χ3n) is 5.44. The highest BCUT2D eigenvalue weighted by Crippen LogP contribution is 2.49. The second-order valence-corrected chi connectivity index (χ2v) is 6.84. The van der Waals surface area contributed by atoms with E-state index in [0.29, 0.717) is 11.7 Å². The van der Waals surface area contributed by atoms with Crippen LogP contribution in [0.5, 0.6) is 11.5 Å². The highest BCUT2D eigenvalue weighted by atomic mass is 19.1. The fraction of sp³-hybridized carbons (Fsp3) is 0.429. The van der Waals surface area contributed by atoms with E-state index in [2.05, 4.69) is 6.07 Å². The maximum Gasteiger partial charge on any atom is 0.161 e. The van der Waals surface area contributed by atoms with Gasteiger partial charge in [0.05, 0.1) is 20.3 Å². The first-order chi connectivity index (χ1) is 12.2. The van der Waals surface area contributed by atoms with Crippen LogP contribution in [0.25, 0.3) is 0 Å². The molecule has 4 heteroatoms. The molecule has 2 aromatic carbocycles. The molecule has 1 heterocycles. The molecule has 0 N–H and O–H groups in total. The lowest BCUT2D eigenvalue weighted by Gasteiger charge is -2.41. The molecule has 1 aliphatic heterocycles. The summed E-state index contributed by atoms with van der Waals surface area (Å²) in [5.41, 5.74) is 3.16. The van der Waals surface area contributed by atoms with Crippen LogP contribution in [0.1, 0.15) is 54.4 Å². The van der Waals surface area contributed by atoms with Crippen molar-refractivity contribution in [2.75, 3.05) is 14.2 Å². The third-order valence-corrected chi connectivity index (χ3v) is 5.44. The Morgan fingerprint density at radius 1 is 0.960 bits per heavy atom. The number of fused-ring (bicyclic) bond motifs is 3. The van der Waals surface area contributed by atoms with E-state index in [4.69, 9.17) is 14.2 Å². The minimum absolute atomic E-state index is 0.174. The minimum atomic E-state index is -0.273. The molecule has 1 fully saturated rings. The fourth-order valence-corrected chi connectivity index (χ4v) is 4.25. The van der Waals surface area contributed by atoms with Gasteiger partial charge >= 0.3 is 0 Å². The molecule has 3 nitrogen and oxygen atoms in total. The van der Waals surface area contributed by atoms with Gasteiger partial charge in [-0.15, -0.1) is 0 Å². The molecule has 4 rings (SSSR count). The van der Waals surface area contributed by atoms with Crippen molar-refractivity contribution < 1.29 is 18.6 Å². The lowest BCUT2D eigenvalue weighted by molar-refractivity contribution is -0.0392. The summed E-state index contributed by atoms with van der Waals surface area (Å²) in [5.74, 6) is 1.55. The minimum Gasteiger partial charge on any atom is -0.493 e. The number of benzene rings is 2. The lowest BCUT2D eigenvalue weighted by atomic mass is 9.76. The zero-order chi connectivity index (χ0) is 17.4. The average Bonchev–Trinajstić information content (AvgIpc) is 2.66. The van der Waals surface area contributed by atoms with Crippen LogP contribution in [0.2, 0.25) is 0 Å². The van der Waals surface area contributed by atoms with Crippen LogP contribution in [0.4, 0.5) is 4.39 Å². The van der Waals surface area contributed by atoms with Crippen molar-refractivity contribution in [1.29, 1.82) is 0 Å². The predicted molar refractivity (Wildman–Crippen MR) is 93.9 cm³/mol. The second kappa shape index (κ2) is 6.68. The number of halogens is 1. The van der Waals surface area contributed by atoms with Gasteiger partial charge in [-0.25, -0.2) is 4.39 Å². The molecule has 0 unspecified atom stereocenters. The van der Waals surface area contributed by atoms with Gasteiger partial charge in [0, 0.05) is 5.92 Å². The van der Waals surface area contributed by atoms with E-state index >= 15 is 0 Å². The number of rotatable bonds is 3. The molecule has 0 spiro atoms. The Kier molecular flexibility index (Phi) is 4.38. The van der Waals surface area contributed by atoms with Gasteiger partial charge in [-0.2, -0.15) is 0 Å². The molecule has 3 atom stereocenters. The topological polar surface area (TPSA) is 27.7 Å². The Labute approximate surface area is 147 Å². The quantitative estimate of drug-likeness (QED) is 0.786. The van der Waals surface area contributed by atoms with Crippen LogP contribution in [-0.4, -0.2) is 20.3 Å². The first kappa shape index (κ1) is 16.4. The maximum absolute atomic E-state index is 13.8. The molecule has 0 saturated heterocycles. The van der Waals surface area contributed by atoms with Crippen molar-refractivity contribution in [1.82, 2.24) is 0 Å². The number of hydrogen-bond donors (Lipinski definition) is 0. The summed E-state index contributed by atoms with van der Waals surface area (Å²) in [7, 11) is 3.29. The van der Waals surface area contributed by atoms with Crippen LogP contribution < -0.4 is 9.47 Å². The van der Waals surface area contributed by atoms with Gasteiger partial charge in [0.15, 0.2) is 11.5 Å². The van der Waals surface area contributed by atoms with E-state index in [1.807, 2.05) is 12.1 Å². The molecule has 25 heavy (non-hydrogen) atoms. The van der Waals surface area contributed by atoms with Crippen LogP contribution in [-0.2, 0) is 4.74 Å². The van der Waals surface area contributed by atoms with Gasteiger partial charge in [0.25, 0.3) is 0 Å². The average molecular weight is 342 g/mol. The highest BCUT2D eigenvalue weighted by molar-refractivity contribution is 5.52. The molecular formula is C21H23FO3. The van der Waals surface area contributed by atoms with Crippen LogP contribution in [0.15, 0.2) is 36.4 Å². The molecule has 1 aliphatic carbocycles. The maximum atomic E-state index is 13.8. The summed E-state index contributed by atoms with van der Waals surface area (Å²) < 4.78 is 31.3. The Morgan fingerprint density at radius 2 is 1.68 bits per heavy atom. The van der Waals surface area contributed by atoms with Gasteiger partial charge in [0.2, 0.25) is 0 Å². The molecule has 2 aromatic rings. The van der Waals surface area contributed by atoms with Gasteiger partial charge in [0.1, 0.15) is 11.9 Å². The number of ether oxygens (including phenoxy) is 3. The lowest BCUT2D eigenvalue weighted by Crippen LogP contribution is -2.33. The standard InChI is InChI=1S/C21H23FO3/c1-23-19-11-16-15-8-3-4-9-18(15)25-21(17(16)12-20(19)24-2)13-6-5-7-14(22)10-13/h5-7,10-12,15,18,21H,3-4,8-9H2,1-2H3/t15-,18+,21-/m0/s1. The first-order valence-electron chi connectivity index (χ1n) is 8.88. The molecular weight excluding hydrogens is 319 g/mol. The van der Waals surface area contributed by atoms with Crippen molar-refractivity contribution >= 4 is 0 Å². The number of hydrogen-bond acceptors (Lipinski definition) is 3. The smallest absolute Gasteiger partial charge is 0.161 e. The van der Waals surface area contributed by atoms with E-state index in [-0.39, 0.29) is 18.0 Å². The summed E-state index contributed by atoms with van der Waals surface area (Å²) >= 11 is 0.